The molecular formula is C13H14N4O. The molecule has 92 valence electrons. The first-order chi connectivity index (χ1) is 8.66. The maximum Gasteiger partial charge on any atom is 0.253 e. The van der Waals surface area contributed by atoms with Gasteiger partial charge in [-0.2, -0.15) is 0 Å². The lowest BCUT2D eigenvalue weighted by Crippen LogP contribution is -2.23. The SMILES string of the molecule is Nc1ccc(C(=O)NCc2ccncc2)c(N)c1. The maximum absolute atomic E-state index is 11.9. The molecule has 1 aromatic heterocycles. The van der Waals surface area contributed by atoms with Crippen LogP contribution in [0.15, 0.2) is 42.7 Å². The van der Waals surface area contributed by atoms with E-state index in [9.17, 15) is 4.79 Å². The molecule has 1 amide bonds. The number of carbonyl (C=O) groups excluding carboxylic acids is 1. The van der Waals surface area contributed by atoms with Crippen LogP contribution < -0.4 is 16.8 Å². The fraction of sp³-hybridized carbons (Fsp3) is 0.0769. The van der Waals surface area contributed by atoms with Gasteiger partial charge in [-0.3, -0.25) is 9.78 Å². The summed E-state index contributed by atoms with van der Waals surface area (Å²) >= 11 is 0. The van der Waals surface area contributed by atoms with Gasteiger partial charge in [0, 0.05) is 30.3 Å². The van der Waals surface area contributed by atoms with E-state index in [0.717, 1.165) is 5.56 Å². The number of nitrogen functional groups attached to an aromatic ring is 2. The van der Waals surface area contributed by atoms with E-state index in [1.165, 1.54) is 0 Å². The fourth-order valence-corrected chi connectivity index (χ4v) is 1.57. The van der Waals surface area contributed by atoms with E-state index in [0.29, 0.717) is 23.5 Å². The molecule has 1 aromatic carbocycles. The van der Waals surface area contributed by atoms with Crippen molar-refractivity contribution < 1.29 is 4.79 Å². The van der Waals surface area contributed by atoms with Crippen LogP contribution in [0, 0.1) is 0 Å². The third-order valence-corrected chi connectivity index (χ3v) is 2.52. The highest BCUT2D eigenvalue weighted by Crippen LogP contribution is 2.15. The van der Waals surface area contributed by atoms with Crippen LogP contribution in [0.3, 0.4) is 0 Å². The van der Waals surface area contributed by atoms with Gasteiger partial charge in [0.15, 0.2) is 0 Å². The number of aromatic nitrogens is 1. The highest BCUT2D eigenvalue weighted by Gasteiger charge is 2.09. The van der Waals surface area contributed by atoms with Gasteiger partial charge in [-0.05, 0) is 35.9 Å². The van der Waals surface area contributed by atoms with Crippen LogP contribution in [-0.4, -0.2) is 10.9 Å². The number of rotatable bonds is 3. The normalized spacial score (nSPS) is 10.0. The van der Waals surface area contributed by atoms with Crippen molar-refractivity contribution >= 4 is 17.3 Å². The Labute approximate surface area is 105 Å². The number of hydrogen-bond donors (Lipinski definition) is 3. The number of nitrogens with one attached hydrogen (secondary N) is 1. The highest BCUT2D eigenvalue weighted by atomic mass is 16.1. The van der Waals surface area contributed by atoms with Crippen LogP contribution in [0.25, 0.3) is 0 Å². The van der Waals surface area contributed by atoms with E-state index < -0.39 is 0 Å². The molecule has 5 nitrogen and oxygen atoms in total. The lowest BCUT2D eigenvalue weighted by Gasteiger charge is -2.08. The van der Waals surface area contributed by atoms with Crippen LogP contribution in [-0.2, 0) is 6.54 Å². The van der Waals surface area contributed by atoms with Gasteiger partial charge in [0.1, 0.15) is 0 Å². The Kier molecular flexibility index (Phi) is 3.43. The lowest BCUT2D eigenvalue weighted by atomic mass is 10.1. The van der Waals surface area contributed by atoms with Crippen molar-refractivity contribution in [2.24, 2.45) is 0 Å². The van der Waals surface area contributed by atoms with Crippen LogP contribution in [0.2, 0.25) is 0 Å². The van der Waals surface area contributed by atoms with Crippen LogP contribution in [0.1, 0.15) is 15.9 Å². The maximum atomic E-state index is 11.9. The Balaban J connectivity index is 2.04. The van der Waals surface area contributed by atoms with Crippen molar-refractivity contribution in [3.8, 4) is 0 Å². The van der Waals surface area contributed by atoms with E-state index in [4.69, 9.17) is 11.5 Å². The Hall–Kier alpha value is -2.56. The zero-order valence-corrected chi connectivity index (χ0v) is 9.76. The predicted octanol–water partition coefficient (Wildman–Crippen LogP) is 1.18. The minimum absolute atomic E-state index is 0.218. The first-order valence-corrected chi connectivity index (χ1v) is 5.49. The van der Waals surface area contributed by atoms with E-state index >= 15 is 0 Å². The number of nitrogens with two attached hydrogens (primary N) is 2. The van der Waals surface area contributed by atoms with Gasteiger partial charge in [-0.1, -0.05) is 0 Å². The molecule has 0 saturated carbocycles. The van der Waals surface area contributed by atoms with Crippen LogP contribution in [0.4, 0.5) is 11.4 Å². The number of carbonyl (C=O) groups is 1. The third kappa shape index (κ3) is 2.76. The Morgan fingerprint density at radius 1 is 1.17 bits per heavy atom. The average Bonchev–Trinajstić information content (AvgIpc) is 2.37. The van der Waals surface area contributed by atoms with Gasteiger partial charge in [-0.25, -0.2) is 0 Å². The summed E-state index contributed by atoms with van der Waals surface area (Å²) in [5.41, 5.74) is 13.6. The second-order valence-electron chi connectivity index (χ2n) is 3.88. The zero-order chi connectivity index (χ0) is 13.0. The molecule has 0 atom stereocenters. The van der Waals surface area contributed by atoms with E-state index in [1.54, 1.807) is 30.6 Å². The van der Waals surface area contributed by atoms with Gasteiger partial charge in [0.2, 0.25) is 0 Å². The average molecular weight is 242 g/mol. The molecule has 0 bridgehead atoms. The van der Waals surface area contributed by atoms with Crippen LogP contribution >= 0.6 is 0 Å². The monoisotopic (exact) mass is 242 g/mol. The predicted molar refractivity (Wildman–Crippen MR) is 70.7 cm³/mol. The Morgan fingerprint density at radius 2 is 1.89 bits per heavy atom. The molecular weight excluding hydrogens is 228 g/mol. The molecule has 0 aliphatic rings. The second-order valence-corrected chi connectivity index (χ2v) is 3.88. The Morgan fingerprint density at radius 3 is 2.56 bits per heavy atom. The summed E-state index contributed by atoms with van der Waals surface area (Å²) in [4.78, 5) is 15.8. The number of amides is 1. The molecule has 0 saturated heterocycles. The molecule has 0 aliphatic heterocycles. The van der Waals surface area contributed by atoms with Gasteiger partial charge in [-0.15, -0.1) is 0 Å². The van der Waals surface area contributed by atoms with Crippen LogP contribution in [0.5, 0.6) is 0 Å². The summed E-state index contributed by atoms with van der Waals surface area (Å²) in [5, 5.41) is 2.79. The van der Waals surface area contributed by atoms with E-state index in [2.05, 4.69) is 10.3 Å². The smallest absolute Gasteiger partial charge is 0.253 e. The number of pyridine rings is 1. The number of benzene rings is 1. The van der Waals surface area contributed by atoms with Crippen molar-refractivity contribution in [2.75, 3.05) is 11.5 Å². The first-order valence-electron chi connectivity index (χ1n) is 5.49. The summed E-state index contributed by atoms with van der Waals surface area (Å²) in [6.45, 7) is 0.436. The molecule has 0 unspecified atom stereocenters. The molecule has 0 spiro atoms. The molecule has 2 rings (SSSR count). The molecule has 0 aliphatic carbocycles. The molecule has 2 aromatic rings. The minimum Gasteiger partial charge on any atom is -0.399 e. The van der Waals surface area contributed by atoms with Gasteiger partial charge in [0.25, 0.3) is 5.91 Å². The number of anilines is 2. The quantitative estimate of drug-likeness (QED) is 0.704. The summed E-state index contributed by atoms with van der Waals surface area (Å²) < 4.78 is 0. The molecule has 5 heteroatoms. The standard InChI is InChI=1S/C13H14N4O/c14-10-1-2-11(12(15)7-10)13(18)17-8-9-3-5-16-6-4-9/h1-7H,8,14-15H2,(H,17,18). The summed E-state index contributed by atoms with van der Waals surface area (Å²) in [6.07, 6.45) is 3.36. The van der Waals surface area contributed by atoms with Gasteiger partial charge < -0.3 is 16.8 Å². The van der Waals surface area contributed by atoms with Crippen molar-refractivity contribution in [2.45, 2.75) is 6.54 Å². The number of hydrogen-bond acceptors (Lipinski definition) is 4. The summed E-state index contributed by atoms with van der Waals surface area (Å²) in [5.74, 6) is -0.218. The third-order valence-electron chi connectivity index (χ3n) is 2.52. The minimum atomic E-state index is -0.218. The van der Waals surface area contributed by atoms with Crippen molar-refractivity contribution in [3.63, 3.8) is 0 Å². The molecule has 1 heterocycles. The molecule has 5 N–H and O–H groups in total. The lowest BCUT2D eigenvalue weighted by molar-refractivity contribution is 0.0952. The second kappa shape index (κ2) is 5.18. The van der Waals surface area contributed by atoms with Crippen molar-refractivity contribution in [1.29, 1.82) is 0 Å². The van der Waals surface area contributed by atoms with E-state index in [-0.39, 0.29) is 5.91 Å². The fourth-order valence-electron chi connectivity index (χ4n) is 1.57. The van der Waals surface area contributed by atoms with Crippen molar-refractivity contribution in [3.05, 3.63) is 53.9 Å². The van der Waals surface area contributed by atoms with Crippen molar-refractivity contribution in [1.82, 2.24) is 10.3 Å². The van der Waals surface area contributed by atoms with E-state index in [1.807, 2.05) is 12.1 Å². The highest BCUT2D eigenvalue weighted by molar-refractivity contribution is 5.99. The molecule has 18 heavy (non-hydrogen) atoms. The first kappa shape index (κ1) is 11.9. The summed E-state index contributed by atoms with van der Waals surface area (Å²) in [7, 11) is 0. The Bertz CT molecular complexity index is 554. The van der Waals surface area contributed by atoms with Gasteiger partial charge in [0.05, 0.1) is 5.56 Å². The number of nitrogens with zero attached hydrogens (tertiary/aromatic N) is 1. The zero-order valence-electron chi connectivity index (χ0n) is 9.76. The molecule has 0 fully saturated rings. The largest absolute Gasteiger partial charge is 0.399 e. The molecule has 0 radical (unpaired) electrons. The van der Waals surface area contributed by atoms with Gasteiger partial charge >= 0.3 is 0 Å². The topological polar surface area (TPSA) is 94.0 Å². The summed E-state index contributed by atoms with van der Waals surface area (Å²) in [6, 6.07) is 8.52.